The minimum absolute atomic E-state index is 0.168. The average molecular weight is 301 g/mol. The number of carbonyl (C=O) groups is 1. The second kappa shape index (κ2) is 8.14. The number of likely N-dealkylation sites (tertiary alicyclic amines) is 1. The first-order valence-corrected chi connectivity index (χ1v) is 8.20. The van der Waals surface area contributed by atoms with Gasteiger partial charge in [0.2, 0.25) is 0 Å². The molecule has 1 aliphatic rings. The normalized spacial score (nSPS) is 18.9. The molecule has 0 N–H and O–H groups in total. The lowest BCUT2D eigenvalue weighted by Crippen LogP contribution is -2.35. The van der Waals surface area contributed by atoms with Crippen molar-refractivity contribution in [1.29, 1.82) is 0 Å². The molecule has 22 heavy (non-hydrogen) atoms. The van der Waals surface area contributed by atoms with Gasteiger partial charge in [-0.25, -0.2) is 0 Å². The Morgan fingerprint density at radius 2 is 2.32 bits per heavy atom. The van der Waals surface area contributed by atoms with Gasteiger partial charge in [-0.15, -0.1) is 0 Å². The fraction of sp³-hybridized carbons (Fsp3) is 0.526. The molecule has 2 rings (SSSR count). The van der Waals surface area contributed by atoms with Crippen molar-refractivity contribution in [2.75, 3.05) is 26.2 Å². The number of nitrogens with zero attached hydrogens (tertiary/aromatic N) is 1. The minimum atomic E-state index is 0.168. The number of ether oxygens (including phenoxy) is 1. The summed E-state index contributed by atoms with van der Waals surface area (Å²) in [5.74, 6) is 1.58. The molecule has 1 atom stereocenters. The molecule has 3 nitrogen and oxygen atoms in total. The third-order valence-corrected chi connectivity index (χ3v) is 4.19. The molecular formula is C19H27NO2. The van der Waals surface area contributed by atoms with Crippen LogP contribution in [0.2, 0.25) is 0 Å². The number of Topliss-reactive ketones (excluding diaryl/α,β-unsaturated/α-hetero) is 1. The molecule has 0 radical (unpaired) electrons. The van der Waals surface area contributed by atoms with Gasteiger partial charge in [-0.05, 0) is 44.4 Å². The van der Waals surface area contributed by atoms with Gasteiger partial charge in [0.1, 0.15) is 12.4 Å². The molecular weight excluding hydrogens is 274 g/mol. The van der Waals surface area contributed by atoms with Gasteiger partial charge in [0, 0.05) is 19.5 Å². The third-order valence-electron chi connectivity index (χ3n) is 4.19. The maximum absolute atomic E-state index is 12.6. The van der Waals surface area contributed by atoms with E-state index in [4.69, 9.17) is 4.74 Å². The van der Waals surface area contributed by atoms with Crippen molar-refractivity contribution < 1.29 is 9.53 Å². The van der Waals surface area contributed by atoms with Crippen LogP contribution in [-0.2, 0) is 0 Å². The van der Waals surface area contributed by atoms with Crippen LogP contribution in [0.4, 0.5) is 0 Å². The van der Waals surface area contributed by atoms with Crippen LogP contribution in [0.25, 0.3) is 0 Å². The van der Waals surface area contributed by atoms with Crippen LogP contribution in [0.1, 0.15) is 42.1 Å². The maximum atomic E-state index is 12.6. The summed E-state index contributed by atoms with van der Waals surface area (Å²) in [6.45, 7) is 11.4. The van der Waals surface area contributed by atoms with E-state index in [0.29, 0.717) is 24.3 Å². The van der Waals surface area contributed by atoms with E-state index >= 15 is 0 Å². The van der Waals surface area contributed by atoms with E-state index in [0.717, 1.165) is 31.1 Å². The zero-order valence-corrected chi connectivity index (χ0v) is 13.8. The molecule has 1 saturated heterocycles. The van der Waals surface area contributed by atoms with Gasteiger partial charge in [0.25, 0.3) is 0 Å². The van der Waals surface area contributed by atoms with Crippen molar-refractivity contribution in [3.8, 4) is 5.75 Å². The Labute approximate surface area is 134 Å². The topological polar surface area (TPSA) is 29.5 Å². The standard InChI is InChI=1S/C19H27NO2/c1-4-12-22-19-8-7-15(2)13-17(19)18(21)9-11-20-10-5-6-16(3)14-20/h4,7-8,13,16H,1,5-6,9-12,14H2,2-3H3. The van der Waals surface area contributed by atoms with Crippen LogP contribution in [0.3, 0.4) is 0 Å². The summed E-state index contributed by atoms with van der Waals surface area (Å²) in [6.07, 6.45) is 4.80. The van der Waals surface area contributed by atoms with Crippen LogP contribution in [0, 0.1) is 12.8 Å². The largest absolute Gasteiger partial charge is 0.489 e. The Morgan fingerprint density at radius 1 is 1.50 bits per heavy atom. The van der Waals surface area contributed by atoms with Gasteiger partial charge in [-0.2, -0.15) is 0 Å². The van der Waals surface area contributed by atoms with E-state index in [1.807, 2.05) is 25.1 Å². The highest BCUT2D eigenvalue weighted by atomic mass is 16.5. The molecule has 0 spiro atoms. The van der Waals surface area contributed by atoms with Crippen molar-refractivity contribution in [3.63, 3.8) is 0 Å². The van der Waals surface area contributed by atoms with E-state index in [2.05, 4.69) is 18.4 Å². The van der Waals surface area contributed by atoms with Crippen LogP contribution in [0.5, 0.6) is 5.75 Å². The van der Waals surface area contributed by atoms with Gasteiger partial charge < -0.3 is 9.64 Å². The molecule has 1 aromatic carbocycles. The minimum Gasteiger partial charge on any atom is -0.489 e. The number of rotatable bonds is 7. The molecule has 1 unspecified atom stereocenters. The smallest absolute Gasteiger partial charge is 0.167 e. The number of carbonyl (C=O) groups excluding carboxylic acids is 1. The van der Waals surface area contributed by atoms with Crippen molar-refractivity contribution in [3.05, 3.63) is 42.0 Å². The van der Waals surface area contributed by atoms with Crippen LogP contribution in [0.15, 0.2) is 30.9 Å². The predicted octanol–water partition coefficient (Wildman–Crippen LogP) is 3.86. The highest BCUT2D eigenvalue weighted by molar-refractivity contribution is 5.99. The molecule has 1 heterocycles. The number of piperidine rings is 1. The van der Waals surface area contributed by atoms with Crippen LogP contribution >= 0.6 is 0 Å². The van der Waals surface area contributed by atoms with Crippen molar-refractivity contribution in [2.24, 2.45) is 5.92 Å². The second-order valence-electron chi connectivity index (χ2n) is 6.32. The van der Waals surface area contributed by atoms with Crippen molar-refractivity contribution >= 4 is 5.78 Å². The highest BCUT2D eigenvalue weighted by Gasteiger charge is 2.18. The zero-order chi connectivity index (χ0) is 15.9. The summed E-state index contributed by atoms with van der Waals surface area (Å²) in [4.78, 5) is 15.0. The molecule has 0 amide bonds. The summed E-state index contributed by atoms with van der Waals surface area (Å²) >= 11 is 0. The zero-order valence-electron chi connectivity index (χ0n) is 13.8. The Kier molecular flexibility index (Phi) is 6.20. The van der Waals surface area contributed by atoms with E-state index in [1.165, 1.54) is 12.8 Å². The van der Waals surface area contributed by atoms with Crippen molar-refractivity contribution in [1.82, 2.24) is 4.90 Å². The Bertz CT molecular complexity index is 524. The first-order valence-electron chi connectivity index (χ1n) is 8.20. The number of hydrogen-bond donors (Lipinski definition) is 0. The van der Waals surface area contributed by atoms with Crippen molar-refractivity contribution in [2.45, 2.75) is 33.1 Å². The number of aryl methyl sites for hydroxylation is 1. The quantitative estimate of drug-likeness (QED) is 0.565. The van der Waals surface area contributed by atoms with E-state index in [1.54, 1.807) is 6.08 Å². The lowest BCUT2D eigenvalue weighted by atomic mass is 9.99. The monoisotopic (exact) mass is 301 g/mol. The fourth-order valence-electron chi connectivity index (χ4n) is 3.02. The molecule has 1 fully saturated rings. The second-order valence-corrected chi connectivity index (χ2v) is 6.32. The summed E-state index contributed by atoms with van der Waals surface area (Å²) in [5, 5.41) is 0. The molecule has 0 aromatic heterocycles. The lowest BCUT2D eigenvalue weighted by molar-refractivity contribution is 0.0945. The Hall–Kier alpha value is -1.61. The Morgan fingerprint density at radius 3 is 3.05 bits per heavy atom. The Balaban J connectivity index is 1.98. The molecule has 0 aliphatic carbocycles. The SMILES string of the molecule is C=CCOc1ccc(C)cc1C(=O)CCN1CCCC(C)C1. The summed E-state index contributed by atoms with van der Waals surface area (Å²) < 4.78 is 5.62. The van der Waals surface area contributed by atoms with E-state index in [-0.39, 0.29) is 5.78 Å². The van der Waals surface area contributed by atoms with Crippen LogP contribution in [-0.4, -0.2) is 36.9 Å². The highest BCUT2D eigenvalue weighted by Crippen LogP contribution is 2.22. The van der Waals surface area contributed by atoms with Gasteiger partial charge in [-0.3, -0.25) is 4.79 Å². The van der Waals surface area contributed by atoms with E-state index < -0.39 is 0 Å². The third kappa shape index (κ3) is 4.70. The lowest BCUT2D eigenvalue weighted by Gasteiger charge is -2.30. The molecule has 0 saturated carbocycles. The number of hydrogen-bond acceptors (Lipinski definition) is 3. The fourth-order valence-corrected chi connectivity index (χ4v) is 3.02. The number of ketones is 1. The van der Waals surface area contributed by atoms with Gasteiger partial charge >= 0.3 is 0 Å². The van der Waals surface area contributed by atoms with Gasteiger partial charge in [0.05, 0.1) is 5.56 Å². The molecule has 1 aromatic rings. The first kappa shape index (κ1) is 16.8. The molecule has 0 bridgehead atoms. The van der Waals surface area contributed by atoms with Gasteiger partial charge in [0.15, 0.2) is 5.78 Å². The van der Waals surface area contributed by atoms with Crippen LogP contribution < -0.4 is 4.74 Å². The average Bonchev–Trinajstić information content (AvgIpc) is 2.51. The predicted molar refractivity (Wildman–Crippen MR) is 90.7 cm³/mol. The summed E-state index contributed by atoms with van der Waals surface area (Å²) in [5.41, 5.74) is 1.79. The number of benzene rings is 1. The molecule has 120 valence electrons. The molecule has 1 aliphatic heterocycles. The van der Waals surface area contributed by atoms with E-state index in [9.17, 15) is 4.79 Å². The van der Waals surface area contributed by atoms with Gasteiger partial charge in [-0.1, -0.05) is 31.2 Å². The summed E-state index contributed by atoms with van der Waals surface area (Å²) in [7, 11) is 0. The molecule has 3 heteroatoms. The summed E-state index contributed by atoms with van der Waals surface area (Å²) in [6, 6.07) is 5.79. The maximum Gasteiger partial charge on any atom is 0.167 e. The first-order chi connectivity index (χ1) is 10.6.